The van der Waals surface area contributed by atoms with Gasteiger partial charge in [0.25, 0.3) is 10.1 Å². The van der Waals surface area contributed by atoms with Crippen LogP contribution in [0, 0.1) is 6.92 Å². The van der Waals surface area contributed by atoms with E-state index < -0.39 is 22.5 Å². The molecule has 4 nitrogen and oxygen atoms in total. The second-order valence-electron chi connectivity index (χ2n) is 4.46. The molecule has 0 aliphatic heterocycles. The van der Waals surface area contributed by atoms with Gasteiger partial charge < -0.3 is 0 Å². The van der Waals surface area contributed by atoms with Crippen molar-refractivity contribution in [2.45, 2.75) is 11.8 Å². The highest BCUT2D eigenvalue weighted by molar-refractivity contribution is 7.86. The first kappa shape index (κ1) is 15.7. The SMILES string of the molecule is Cc1ccc(S(=O)(=O)OCC(=O)c2cccc(Cl)c2)cc1. The molecule has 0 N–H and O–H groups in total. The summed E-state index contributed by atoms with van der Waals surface area (Å²) in [5.74, 6) is -0.451. The first-order chi connectivity index (χ1) is 9.88. The van der Waals surface area contributed by atoms with Crippen molar-refractivity contribution in [3.8, 4) is 0 Å². The minimum absolute atomic E-state index is 0.0204. The summed E-state index contributed by atoms with van der Waals surface area (Å²) in [7, 11) is -3.94. The molecular formula is C15H13ClO4S. The van der Waals surface area contributed by atoms with Crippen molar-refractivity contribution in [3.63, 3.8) is 0 Å². The van der Waals surface area contributed by atoms with E-state index in [1.807, 2.05) is 6.92 Å². The minimum atomic E-state index is -3.94. The quantitative estimate of drug-likeness (QED) is 0.625. The summed E-state index contributed by atoms with van der Waals surface area (Å²) in [6, 6.07) is 12.5. The Balaban J connectivity index is 2.08. The average Bonchev–Trinajstić information content (AvgIpc) is 2.45. The third-order valence-corrected chi connectivity index (χ3v) is 4.31. The Labute approximate surface area is 128 Å². The number of carbonyl (C=O) groups is 1. The van der Waals surface area contributed by atoms with Crippen molar-refractivity contribution < 1.29 is 17.4 Å². The molecule has 2 rings (SSSR count). The highest BCUT2D eigenvalue weighted by atomic mass is 35.5. The molecule has 0 saturated heterocycles. The summed E-state index contributed by atoms with van der Waals surface area (Å²) in [5.41, 5.74) is 1.24. The molecule has 6 heteroatoms. The maximum Gasteiger partial charge on any atom is 0.297 e. The van der Waals surface area contributed by atoms with Crippen molar-refractivity contribution >= 4 is 27.5 Å². The summed E-state index contributed by atoms with van der Waals surface area (Å²) in [5, 5.41) is 0.405. The molecule has 0 radical (unpaired) electrons. The van der Waals surface area contributed by atoms with E-state index >= 15 is 0 Å². The van der Waals surface area contributed by atoms with E-state index in [1.54, 1.807) is 30.3 Å². The van der Waals surface area contributed by atoms with Gasteiger partial charge in [0.05, 0.1) is 4.90 Å². The van der Waals surface area contributed by atoms with Crippen molar-refractivity contribution in [1.29, 1.82) is 0 Å². The predicted octanol–water partition coefficient (Wildman–Crippen LogP) is 3.24. The Hall–Kier alpha value is -1.69. The van der Waals surface area contributed by atoms with Gasteiger partial charge in [-0.05, 0) is 31.2 Å². The lowest BCUT2D eigenvalue weighted by Crippen LogP contribution is -2.14. The standard InChI is InChI=1S/C15H13ClO4S/c1-11-5-7-14(8-6-11)21(18,19)20-10-15(17)12-3-2-4-13(16)9-12/h2-9H,10H2,1H3. The Morgan fingerprint density at radius 2 is 1.81 bits per heavy atom. The molecule has 21 heavy (non-hydrogen) atoms. The number of benzene rings is 2. The molecule has 0 heterocycles. The molecule has 0 bridgehead atoms. The highest BCUT2D eigenvalue weighted by Crippen LogP contribution is 2.15. The van der Waals surface area contributed by atoms with Crippen LogP contribution in [0.3, 0.4) is 0 Å². The number of Topliss-reactive ketones (excluding diaryl/α,β-unsaturated/α-hetero) is 1. The number of aryl methyl sites for hydroxylation is 1. The van der Waals surface area contributed by atoms with Crippen LogP contribution in [0.1, 0.15) is 15.9 Å². The van der Waals surface area contributed by atoms with Crippen LogP contribution in [0.25, 0.3) is 0 Å². The molecule has 0 saturated carbocycles. The summed E-state index contributed by atoms with van der Waals surface area (Å²) < 4.78 is 28.7. The Morgan fingerprint density at radius 1 is 1.14 bits per heavy atom. The van der Waals surface area contributed by atoms with Gasteiger partial charge in [-0.3, -0.25) is 8.98 Å². The van der Waals surface area contributed by atoms with Crippen LogP contribution < -0.4 is 0 Å². The summed E-state index contributed by atoms with van der Waals surface area (Å²) in [6.07, 6.45) is 0. The summed E-state index contributed by atoms with van der Waals surface area (Å²) >= 11 is 5.78. The smallest absolute Gasteiger partial charge is 0.291 e. The van der Waals surface area contributed by atoms with Crippen LogP contribution >= 0.6 is 11.6 Å². The van der Waals surface area contributed by atoms with Gasteiger partial charge in [0.2, 0.25) is 0 Å². The van der Waals surface area contributed by atoms with Crippen molar-refractivity contribution in [3.05, 3.63) is 64.7 Å². The van der Waals surface area contributed by atoms with E-state index in [4.69, 9.17) is 15.8 Å². The van der Waals surface area contributed by atoms with E-state index in [-0.39, 0.29) is 4.90 Å². The molecule has 0 aromatic heterocycles. The number of rotatable bonds is 5. The maximum atomic E-state index is 11.9. The third-order valence-electron chi connectivity index (χ3n) is 2.80. The lowest BCUT2D eigenvalue weighted by Gasteiger charge is -2.06. The molecule has 0 amide bonds. The van der Waals surface area contributed by atoms with Crippen molar-refractivity contribution in [1.82, 2.24) is 0 Å². The number of hydrogen-bond acceptors (Lipinski definition) is 4. The van der Waals surface area contributed by atoms with Crippen LogP contribution in [0.5, 0.6) is 0 Å². The third kappa shape index (κ3) is 4.14. The fourth-order valence-corrected chi connectivity index (χ4v) is 2.71. The highest BCUT2D eigenvalue weighted by Gasteiger charge is 2.17. The normalized spacial score (nSPS) is 11.3. The topological polar surface area (TPSA) is 60.4 Å². The van der Waals surface area contributed by atoms with Gasteiger partial charge >= 0.3 is 0 Å². The second kappa shape index (κ2) is 6.39. The van der Waals surface area contributed by atoms with E-state index in [1.165, 1.54) is 18.2 Å². The number of carbonyl (C=O) groups excluding carboxylic acids is 1. The molecule has 0 spiro atoms. The molecule has 2 aromatic carbocycles. The van der Waals surface area contributed by atoms with Gasteiger partial charge in [-0.15, -0.1) is 0 Å². The molecule has 2 aromatic rings. The van der Waals surface area contributed by atoms with Crippen LogP contribution in [-0.2, 0) is 14.3 Å². The maximum absolute atomic E-state index is 11.9. The number of halogens is 1. The van der Waals surface area contributed by atoms with Crippen molar-refractivity contribution in [2.75, 3.05) is 6.61 Å². The molecule has 0 aliphatic carbocycles. The fraction of sp³-hybridized carbons (Fsp3) is 0.133. The van der Waals surface area contributed by atoms with E-state index in [2.05, 4.69) is 0 Å². The first-order valence-electron chi connectivity index (χ1n) is 6.13. The van der Waals surface area contributed by atoms with Gasteiger partial charge in [0.15, 0.2) is 5.78 Å². The molecule has 0 atom stereocenters. The first-order valence-corrected chi connectivity index (χ1v) is 7.92. The van der Waals surface area contributed by atoms with Crippen LogP contribution in [0.2, 0.25) is 5.02 Å². The zero-order valence-electron chi connectivity index (χ0n) is 11.2. The molecule has 0 aliphatic rings. The van der Waals surface area contributed by atoms with Crippen molar-refractivity contribution in [2.24, 2.45) is 0 Å². The number of hydrogen-bond donors (Lipinski definition) is 0. The van der Waals surface area contributed by atoms with Crippen LogP contribution in [0.15, 0.2) is 53.4 Å². The fourth-order valence-electron chi connectivity index (χ4n) is 1.65. The molecular weight excluding hydrogens is 312 g/mol. The zero-order chi connectivity index (χ0) is 15.5. The van der Waals surface area contributed by atoms with Crippen LogP contribution in [-0.4, -0.2) is 20.8 Å². The van der Waals surface area contributed by atoms with Crippen LogP contribution in [0.4, 0.5) is 0 Å². The minimum Gasteiger partial charge on any atom is -0.291 e. The second-order valence-corrected chi connectivity index (χ2v) is 6.51. The largest absolute Gasteiger partial charge is 0.297 e. The van der Waals surface area contributed by atoms with E-state index in [9.17, 15) is 13.2 Å². The lowest BCUT2D eigenvalue weighted by molar-refractivity contribution is 0.0924. The summed E-state index contributed by atoms with van der Waals surface area (Å²) in [4.78, 5) is 11.9. The van der Waals surface area contributed by atoms with E-state index in [0.29, 0.717) is 10.6 Å². The van der Waals surface area contributed by atoms with Gasteiger partial charge in [0.1, 0.15) is 6.61 Å². The summed E-state index contributed by atoms with van der Waals surface area (Å²) in [6.45, 7) is 1.29. The predicted molar refractivity (Wildman–Crippen MR) is 80.1 cm³/mol. The number of ketones is 1. The zero-order valence-corrected chi connectivity index (χ0v) is 12.8. The van der Waals surface area contributed by atoms with E-state index in [0.717, 1.165) is 5.56 Å². The lowest BCUT2D eigenvalue weighted by atomic mass is 10.1. The molecule has 110 valence electrons. The molecule has 0 unspecified atom stereocenters. The Morgan fingerprint density at radius 3 is 2.43 bits per heavy atom. The van der Waals surface area contributed by atoms with Gasteiger partial charge in [-0.1, -0.05) is 41.4 Å². The van der Waals surface area contributed by atoms with Gasteiger partial charge in [-0.25, -0.2) is 0 Å². The van der Waals surface area contributed by atoms with Gasteiger partial charge in [0, 0.05) is 10.6 Å². The van der Waals surface area contributed by atoms with Gasteiger partial charge in [-0.2, -0.15) is 8.42 Å². The Kier molecular flexibility index (Phi) is 4.77. The molecule has 0 fully saturated rings. The average molecular weight is 325 g/mol. The Bertz CT molecular complexity index is 751. The monoisotopic (exact) mass is 324 g/mol.